The predicted octanol–water partition coefficient (Wildman–Crippen LogP) is 3.12. The van der Waals surface area contributed by atoms with Gasteiger partial charge in [-0.15, -0.1) is 0 Å². The first-order valence-electron chi connectivity index (χ1n) is 7.62. The molecule has 21 heavy (non-hydrogen) atoms. The summed E-state index contributed by atoms with van der Waals surface area (Å²) in [6.07, 6.45) is 2.75. The fourth-order valence-electron chi connectivity index (χ4n) is 5.40. The Morgan fingerprint density at radius 3 is 2.90 bits per heavy atom. The average molecular weight is 284 g/mol. The molecule has 0 aromatic heterocycles. The topological polar surface area (TPSA) is 57.5 Å². The van der Waals surface area contributed by atoms with Crippen LogP contribution in [0.5, 0.6) is 0 Å². The van der Waals surface area contributed by atoms with E-state index in [-0.39, 0.29) is 11.3 Å². The SMILES string of the molecule is C=C1C[C@]23C[C@@]1(O)CC[C@@H]2c1cccc(C)c1C3C(=O)O. The number of carboxylic acid groups (broad SMARTS) is 1. The van der Waals surface area contributed by atoms with E-state index in [0.717, 1.165) is 23.1 Å². The van der Waals surface area contributed by atoms with E-state index in [1.165, 1.54) is 5.56 Å². The number of aryl methyl sites for hydroxylation is 1. The molecule has 0 saturated heterocycles. The molecule has 2 bridgehead atoms. The van der Waals surface area contributed by atoms with Gasteiger partial charge in [-0.05, 0) is 60.8 Å². The predicted molar refractivity (Wildman–Crippen MR) is 79.3 cm³/mol. The molecule has 2 saturated carbocycles. The minimum Gasteiger partial charge on any atom is -0.481 e. The third-order valence-electron chi connectivity index (χ3n) is 6.21. The van der Waals surface area contributed by atoms with Gasteiger partial charge in [0.15, 0.2) is 0 Å². The van der Waals surface area contributed by atoms with Crippen LogP contribution in [0.1, 0.15) is 54.2 Å². The fraction of sp³-hybridized carbons (Fsp3) is 0.500. The highest BCUT2D eigenvalue weighted by Crippen LogP contribution is 2.71. The number of aliphatic carboxylic acids is 1. The second-order valence-corrected chi connectivity index (χ2v) is 7.16. The summed E-state index contributed by atoms with van der Waals surface area (Å²) in [4.78, 5) is 12.1. The van der Waals surface area contributed by atoms with E-state index in [1.54, 1.807) is 0 Å². The number of benzene rings is 1. The van der Waals surface area contributed by atoms with Gasteiger partial charge in [0.05, 0.1) is 11.5 Å². The van der Waals surface area contributed by atoms with Gasteiger partial charge < -0.3 is 10.2 Å². The summed E-state index contributed by atoms with van der Waals surface area (Å²) >= 11 is 0. The molecule has 3 aliphatic rings. The smallest absolute Gasteiger partial charge is 0.311 e. The lowest BCUT2D eigenvalue weighted by Crippen LogP contribution is -2.39. The van der Waals surface area contributed by atoms with Crippen LogP contribution in [-0.4, -0.2) is 21.8 Å². The maximum atomic E-state index is 12.1. The molecule has 1 aromatic rings. The van der Waals surface area contributed by atoms with Crippen molar-refractivity contribution >= 4 is 5.97 Å². The number of hydrogen-bond donors (Lipinski definition) is 2. The molecule has 1 spiro atoms. The molecular formula is C18H20O3. The lowest BCUT2D eigenvalue weighted by molar-refractivity contribution is -0.143. The molecular weight excluding hydrogens is 264 g/mol. The molecule has 4 atom stereocenters. The summed E-state index contributed by atoms with van der Waals surface area (Å²) in [5.41, 5.74) is 2.87. The van der Waals surface area contributed by atoms with E-state index >= 15 is 0 Å². The second kappa shape index (κ2) is 3.77. The van der Waals surface area contributed by atoms with Gasteiger partial charge >= 0.3 is 5.97 Å². The van der Waals surface area contributed by atoms with Crippen molar-refractivity contribution in [3.05, 3.63) is 47.0 Å². The van der Waals surface area contributed by atoms with Crippen LogP contribution >= 0.6 is 0 Å². The Kier molecular flexibility index (Phi) is 2.35. The van der Waals surface area contributed by atoms with Crippen molar-refractivity contribution in [2.75, 3.05) is 0 Å². The molecule has 0 radical (unpaired) electrons. The van der Waals surface area contributed by atoms with Crippen molar-refractivity contribution in [3.63, 3.8) is 0 Å². The molecule has 0 amide bonds. The lowest BCUT2D eigenvalue weighted by atomic mass is 9.63. The lowest BCUT2D eigenvalue weighted by Gasteiger charge is -2.41. The van der Waals surface area contributed by atoms with E-state index in [2.05, 4.69) is 12.6 Å². The van der Waals surface area contributed by atoms with Crippen molar-refractivity contribution < 1.29 is 15.0 Å². The van der Waals surface area contributed by atoms with Crippen LogP contribution in [0.25, 0.3) is 0 Å². The van der Waals surface area contributed by atoms with Gasteiger partial charge in [0, 0.05) is 5.41 Å². The number of carboxylic acids is 1. The van der Waals surface area contributed by atoms with Crippen LogP contribution in [-0.2, 0) is 4.79 Å². The van der Waals surface area contributed by atoms with Crippen LogP contribution in [0.2, 0.25) is 0 Å². The van der Waals surface area contributed by atoms with Gasteiger partial charge in [0.2, 0.25) is 0 Å². The fourth-order valence-corrected chi connectivity index (χ4v) is 5.40. The van der Waals surface area contributed by atoms with Crippen molar-refractivity contribution in [2.45, 2.75) is 50.0 Å². The highest BCUT2D eigenvalue weighted by molar-refractivity contribution is 5.81. The third-order valence-corrected chi connectivity index (χ3v) is 6.21. The Morgan fingerprint density at radius 1 is 1.43 bits per heavy atom. The van der Waals surface area contributed by atoms with E-state index in [1.807, 2.05) is 19.1 Å². The highest BCUT2D eigenvalue weighted by Gasteiger charge is 2.66. The van der Waals surface area contributed by atoms with E-state index in [0.29, 0.717) is 19.3 Å². The Hall–Kier alpha value is -1.61. The van der Waals surface area contributed by atoms with E-state index in [9.17, 15) is 15.0 Å². The molecule has 0 heterocycles. The first-order valence-corrected chi connectivity index (χ1v) is 7.62. The van der Waals surface area contributed by atoms with Crippen molar-refractivity contribution in [1.29, 1.82) is 0 Å². The number of rotatable bonds is 1. The molecule has 0 aliphatic heterocycles. The summed E-state index contributed by atoms with van der Waals surface area (Å²) < 4.78 is 0. The Bertz CT molecular complexity index is 677. The molecule has 3 nitrogen and oxygen atoms in total. The molecule has 1 unspecified atom stereocenters. The number of hydrogen-bond acceptors (Lipinski definition) is 2. The Balaban J connectivity index is 1.98. The molecule has 1 aromatic carbocycles. The molecule has 4 rings (SSSR count). The quantitative estimate of drug-likeness (QED) is 0.779. The summed E-state index contributed by atoms with van der Waals surface area (Å²) in [6, 6.07) is 6.11. The van der Waals surface area contributed by atoms with Crippen molar-refractivity contribution in [1.82, 2.24) is 0 Å². The second-order valence-electron chi connectivity index (χ2n) is 7.16. The van der Waals surface area contributed by atoms with Gasteiger partial charge in [0.1, 0.15) is 0 Å². The molecule has 2 N–H and O–H groups in total. The number of fused-ring (bicyclic) bond motifs is 3. The molecule has 2 fully saturated rings. The summed E-state index contributed by atoms with van der Waals surface area (Å²) in [7, 11) is 0. The van der Waals surface area contributed by atoms with E-state index in [4.69, 9.17) is 0 Å². The first kappa shape index (κ1) is 13.1. The van der Waals surface area contributed by atoms with Gasteiger partial charge in [-0.1, -0.05) is 24.8 Å². The van der Waals surface area contributed by atoms with Crippen LogP contribution in [0, 0.1) is 12.3 Å². The van der Waals surface area contributed by atoms with Gasteiger partial charge in [-0.3, -0.25) is 4.79 Å². The van der Waals surface area contributed by atoms with Crippen LogP contribution in [0.15, 0.2) is 30.4 Å². The minimum atomic E-state index is -0.847. The molecule has 110 valence electrons. The maximum Gasteiger partial charge on any atom is 0.311 e. The van der Waals surface area contributed by atoms with Crippen molar-refractivity contribution in [2.24, 2.45) is 5.41 Å². The van der Waals surface area contributed by atoms with Gasteiger partial charge in [-0.25, -0.2) is 0 Å². The van der Waals surface area contributed by atoms with Crippen LogP contribution < -0.4 is 0 Å². The standard InChI is InChI=1S/C18H20O3/c1-10-4-3-5-12-13-6-7-18(21)9-17(13,8-11(18)2)15(14(10)12)16(19)20/h3-5,13,15,21H,2,6-9H2,1H3,(H,19,20)/t13-,15?,17+,18+/m1/s1. The van der Waals surface area contributed by atoms with Gasteiger partial charge in [0.25, 0.3) is 0 Å². The Labute approximate surface area is 124 Å². The number of carbonyl (C=O) groups is 1. The minimum absolute atomic E-state index is 0.244. The number of aliphatic hydroxyl groups is 1. The summed E-state index contributed by atoms with van der Waals surface area (Å²) in [6.45, 7) is 6.06. The van der Waals surface area contributed by atoms with Crippen LogP contribution in [0.4, 0.5) is 0 Å². The summed E-state index contributed by atoms with van der Waals surface area (Å²) in [5, 5.41) is 20.7. The maximum absolute atomic E-state index is 12.1. The van der Waals surface area contributed by atoms with Gasteiger partial charge in [-0.2, -0.15) is 0 Å². The van der Waals surface area contributed by atoms with Crippen LogP contribution in [0.3, 0.4) is 0 Å². The monoisotopic (exact) mass is 284 g/mol. The van der Waals surface area contributed by atoms with Crippen molar-refractivity contribution in [3.8, 4) is 0 Å². The average Bonchev–Trinajstić information content (AvgIpc) is 2.79. The summed E-state index contributed by atoms with van der Waals surface area (Å²) in [5.74, 6) is -1.02. The zero-order valence-corrected chi connectivity index (χ0v) is 12.2. The zero-order valence-electron chi connectivity index (χ0n) is 12.2. The van der Waals surface area contributed by atoms with E-state index < -0.39 is 17.5 Å². The zero-order chi connectivity index (χ0) is 15.0. The molecule has 3 heteroatoms. The highest BCUT2D eigenvalue weighted by atomic mass is 16.4. The third kappa shape index (κ3) is 1.40. The molecule has 3 aliphatic carbocycles. The largest absolute Gasteiger partial charge is 0.481 e. The first-order chi connectivity index (χ1) is 9.89. The Morgan fingerprint density at radius 2 is 2.19 bits per heavy atom. The normalized spacial score (nSPS) is 40.0.